The molecule has 0 bridgehead atoms. The zero-order valence-electron chi connectivity index (χ0n) is 8.99. The van der Waals surface area contributed by atoms with Crippen molar-refractivity contribution in [1.82, 2.24) is 4.90 Å². The van der Waals surface area contributed by atoms with Gasteiger partial charge in [0.2, 0.25) is 0 Å². The molecule has 13 heavy (non-hydrogen) atoms. The van der Waals surface area contributed by atoms with Crippen molar-refractivity contribution in [3.8, 4) is 0 Å². The first-order chi connectivity index (χ1) is 6.11. The summed E-state index contributed by atoms with van der Waals surface area (Å²) in [5, 5.41) is 0. The minimum atomic E-state index is 0.306. The van der Waals surface area contributed by atoms with Crippen molar-refractivity contribution >= 4 is 0 Å². The van der Waals surface area contributed by atoms with Crippen LogP contribution in [0.1, 0.15) is 26.7 Å². The van der Waals surface area contributed by atoms with Gasteiger partial charge >= 0.3 is 0 Å². The fourth-order valence-electron chi connectivity index (χ4n) is 1.87. The number of nitrogens with zero attached hydrogens (tertiary/aromatic N) is 1. The highest BCUT2D eigenvalue weighted by atomic mass is 16.5. The molecule has 0 radical (unpaired) electrons. The van der Waals surface area contributed by atoms with Gasteiger partial charge in [-0.1, -0.05) is 0 Å². The molecule has 0 aromatic heterocycles. The maximum absolute atomic E-state index is 5.72. The Labute approximate surface area is 81.2 Å². The van der Waals surface area contributed by atoms with Gasteiger partial charge in [-0.2, -0.15) is 0 Å². The fourth-order valence-corrected chi connectivity index (χ4v) is 1.87. The second-order valence-electron chi connectivity index (χ2n) is 4.18. The minimum Gasteiger partial charge on any atom is -0.377 e. The van der Waals surface area contributed by atoms with Crippen molar-refractivity contribution < 1.29 is 4.74 Å². The van der Waals surface area contributed by atoms with Gasteiger partial charge < -0.3 is 15.4 Å². The van der Waals surface area contributed by atoms with Gasteiger partial charge in [-0.15, -0.1) is 0 Å². The van der Waals surface area contributed by atoms with E-state index in [9.17, 15) is 0 Å². The largest absolute Gasteiger partial charge is 0.377 e. The molecule has 0 aromatic carbocycles. The van der Waals surface area contributed by atoms with Crippen LogP contribution in [0.2, 0.25) is 0 Å². The fraction of sp³-hybridized carbons (Fsp3) is 1.00. The second kappa shape index (κ2) is 4.94. The van der Waals surface area contributed by atoms with Gasteiger partial charge in [0.15, 0.2) is 0 Å². The molecule has 3 heteroatoms. The third-order valence-corrected chi connectivity index (χ3v) is 2.84. The van der Waals surface area contributed by atoms with Crippen LogP contribution in [0.3, 0.4) is 0 Å². The standard InChI is InChI=1S/C10H22N2O/c1-8(11)4-6-12(3)10-5-7-13-9(10)2/h8-10H,4-7,11H2,1-3H3. The maximum atomic E-state index is 5.72. The molecule has 78 valence electrons. The molecule has 1 aliphatic heterocycles. The highest BCUT2D eigenvalue weighted by Gasteiger charge is 2.27. The number of hydrogen-bond donors (Lipinski definition) is 1. The van der Waals surface area contributed by atoms with Crippen molar-refractivity contribution in [2.45, 2.75) is 44.9 Å². The first kappa shape index (κ1) is 11.0. The van der Waals surface area contributed by atoms with E-state index in [1.807, 2.05) is 0 Å². The lowest BCUT2D eigenvalue weighted by molar-refractivity contribution is 0.0829. The van der Waals surface area contributed by atoms with E-state index in [1.54, 1.807) is 0 Å². The van der Waals surface area contributed by atoms with Gasteiger partial charge in [0.05, 0.1) is 6.10 Å². The van der Waals surface area contributed by atoms with Gasteiger partial charge in [-0.05, 0) is 40.3 Å². The van der Waals surface area contributed by atoms with Gasteiger partial charge in [0, 0.05) is 18.7 Å². The Kier molecular flexibility index (Phi) is 4.16. The number of hydrogen-bond acceptors (Lipinski definition) is 3. The molecule has 3 nitrogen and oxygen atoms in total. The Hall–Kier alpha value is -0.120. The Balaban J connectivity index is 2.25. The predicted octanol–water partition coefficient (Wildman–Crippen LogP) is 0.833. The van der Waals surface area contributed by atoms with E-state index in [2.05, 4.69) is 25.8 Å². The molecular formula is C10H22N2O. The van der Waals surface area contributed by atoms with E-state index >= 15 is 0 Å². The van der Waals surface area contributed by atoms with Crippen LogP contribution in [-0.2, 0) is 4.74 Å². The summed E-state index contributed by atoms with van der Waals surface area (Å²) in [5.41, 5.74) is 5.72. The summed E-state index contributed by atoms with van der Waals surface area (Å²) < 4.78 is 5.52. The van der Waals surface area contributed by atoms with E-state index in [0.717, 1.165) is 26.0 Å². The summed E-state index contributed by atoms with van der Waals surface area (Å²) in [6, 6.07) is 0.902. The number of ether oxygens (including phenoxy) is 1. The molecular weight excluding hydrogens is 164 g/mol. The molecule has 1 rings (SSSR count). The van der Waals surface area contributed by atoms with E-state index < -0.39 is 0 Å². The quantitative estimate of drug-likeness (QED) is 0.707. The lowest BCUT2D eigenvalue weighted by Gasteiger charge is -2.27. The third-order valence-electron chi connectivity index (χ3n) is 2.84. The average Bonchev–Trinajstić information content (AvgIpc) is 2.47. The predicted molar refractivity (Wildman–Crippen MR) is 54.7 cm³/mol. The van der Waals surface area contributed by atoms with Crippen molar-refractivity contribution in [3.63, 3.8) is 0 Å². The highest BCUT2D eigenvalue weighted by Crippen LogP contribution is 2.18. The second-order valence-corrected chi connectivity index (χ2v) is 4.18. The Morgan fingerprint density at radius 1 is 1.62 bits per heavy atom. The minimum absolute atomic E-state index is 0.306. The molecule has 3 unspecified atom stereocenters. The lowest BCUT2D eigenvalue weighted by Crippen LogP contribution is -2.38. The van der Waals surface area contributed by atoms with Crippen LogP contribution >= 0.6 is 0 Å². The molecule has 1 fully saturated rings. The van der Waals surface area contributed by atoms with Crippen LogP contribution in [-0.4, -0.2) is 43.3 Å². The molecule has 0 saturated carbocycles. The summed E-state index contributed by atoms with van der Waals surface area (Å²) in [6.45, 7) is 6.20. The van der Waals surface area contributed by atoms with Crippen molar-refractivity contribution in [2.24, 2.45) is 5.73 Å². The summed E-state index contributed by atoms with van der Waals surface area (Å²) in [6.07, 6.45) is 2.62. The molecule has 1 aliphatic rings. The molecule has 2 N–H and O–H groups in total. The molecule has 1 heterocycles. The molecule has 0 aromatic rings. The number of nitrogens with two attached hydrogens (primary N) is 1. The SMILES string of the molecule is CC(N)CCN(C)C1CCOC1C. The summed E-state index contributed by atoms with van der Waals surface area (Å²) in [7, 11) is 2.16. The monoisotopic (exact) mass is 186 g/mol. The molecule has 0 aliphatic carbocycles. The maximum Gasteiger partial charge on any atom is 0.0702 e. The first-order valence-corrected chi connectivity index (χ1v) is 5.18. The zero-order valence-corrected chi connectivity index (χ0v) is 8.99. The number of rotatable bonds is 4. The summed E-state index contributed by atoms with van der Waals surface area (Å²) in [5.74, 6) is 0. The van der Waals surface area contributed by atoms with E-state index in [-0.39, 0.29) is 0 Å². The Bertz CT molecular complexity index is 150. The lowest BCUT2D eigenvalue weighted by atomic mass is 10.1. The van der Waals surface area contributed by atoms with Gasteiger partial charge in [-0.25, -0.2) is 0 Å². The zero-order chi connectivity index (χ0) is 9.84. The third kappa shape index (κ3) is 3.25. The van der Waals surface area contributed by atoms with Crippen molar-refractivity contribution in [3.05, 3.63) is 0 Å². The summed E-state index contributed by atoms with van der Waals surface area (Å²) in [4.78, 5) is 2.38. The van der Waals surface area contributed by atoms with Crippen LogP contribution in [0, 0.1) is 0 Å². The smallest absolute Gasteiger partial charge is 0.0702 e. The van der Waals surface area contributed by atoms with E-state index in [0.29, 0.717) is 18.2 Å². The van der Waals surface area contributed by atoms with Gasteiger partial charge in [0.1, 0.15) is 0 Å². The van der Waals surface area contributed by atoms with Crippen molar-refractivity contribution in [1.29, 1.82) is 0 Å². The van der Waals surface area contributed by atoms with Crippen LogP contribution < -0.4 is 5.73 Å². The topological polar surface area (TPSA) is 38.5 Å². The van der Waals surface area contributed by atoms with Crippen LogP contribution in [0.5, 0.6) is 0 Å². The highest BCUT2D eigenvalue weighted by molar-refractivity contribution is 4.80. The van der Waals surface area contributed by atoms with Gasteiger partial charge in [0.25, 0.3) is 0 Å². The molecule has 3 atom stereocenters. The summed E-state index contributed by atoms with van der Waals surface area (Å²) >= 11 is 0. The molecule has 1 saturated heterocycles. The average molecular weight is 186 g/mol. The van der Waals surface area contributed by atoms with Crippen LogP contribution in [0.15, 0.2) is 0 Å². The first-order valence-electron chi connectivity index (χ1n) is 5.18. The van der Waals surface area contributed by atoms with E-state index in [1.165, 1.54) is 0 Å². The van der Waals surface area contributed by atoms with Crippen LogP contribution in [0.25, 0.3) is 0 Å². The Morgan fingerprint density at radius 3 is 2.77 bits per heavy atom. The van der Waals surface area contributed by atoms with Gasteiger partial charge in [-0.3, -0.25) is 0 Å². The van der Waals surface area contributed by atoms with Crippen LogP contribution in [0.4, 0.5) is 0 Å². The normalized spacial score (nSPS) is 31.2. The Morgan fingerprint density at radius 2 is 2.31 bits per heavy atom. The molecule has 0 spiro atoms. The molecule has 0 amide bonds. The number of likely N-dealkylation sites (N-methyl/N-ethyl adjacent to an activating group) is 1. The van der Waals surface area contributed by atoms with E-state index in [4.69, 9.17) is 10.5 Å². The van der Waals surface area contributed by atoms with Crippen molar-refractivity contribution in [2.75, 3.05) is 20.2 Å².